The molecule has 6 aromatic carbocycles. The second-order valence-corrected chi connectivity index (χ2v) is 22.8. The summed E-state index contributed by atoms with van der Waals surface area (Å²) in [5.41, 5.74) is 21.9. The quantitative estimate of drug-likeness (QED) is 0.164. The lowest BCUT2D eigenvalue weighted by Crippen LogP contribution is -2.62. The molecular weight excluding hydrogens is 735 g/mol. The summed E-state index contributed by atoms with van der Waals surface area (Å²) >= 11 is 0. The fraction of sp³-hybridized carbons (Fsp3) is 0.379. The van der Waals surface area contributed by atoms with Gasteiger partial charge in [-0.15, -0.1) is 0 Å². The molecule has 0 spiro atoms. The first-order valence-corrected chi connectivity index (χ1v) is 22.7. The molecule has 0 saturated carbocycles. The van der Waals surface area contributed by atoms with Gasteiger partial charge in [0, 0.05) is 38.2 Å². The molecule has 0 saturated heterocycles. The van der Waals surface area contributed by atoms with Crippen molar-refractivity contribution < 1.29 is 4.11 Å². The van der Waals surface area contributed by atoms with Crippen molar-refractivity contribution in [1.29, 1.82) is 0 Å². The van der Waals surface area contributed by atoms with Crippen LogP contribution in [0.25, 0.3) is 11.1 Å². The van der Waals surface area contributed by atoms with Gasteiger partial charge in [0.05, 0.1) is 0 Å². The Labute approximate surface area is 371 Å². The monoisotopic (exact) mass is 804 g/mol. The van der Waals surface area contributed by atoms with E-state index in [9.17, 15) is 0 Å². The van der Waals surface area contributed by atoms with Crippen molar-refractivity contribution in [2.24, 2.45) is 0 Å². The second-order valence-electron chi connectivity index (χ2n) is 22.8. The smallest absolute Gasteiger partial charge is 0.252 e. The van der Waals surface area contributed by atoms with Crippen LogP contribution in [0, 0.1) is 20.7 Å². The third-order valence-electron chi connectivity index (χ3n) is 15.4. The molecule has 4 aliphatic rings. The maximum atomic E-state index is 9.10. The van der Waals surface area contributed by atoms with Crippen LogP contribution in [0.1, 0.15) is 144 Å². The number of hydrogen-bond donors (Lipinski definition) is 0. The molecule has 10 rings (SSSR count). The van der Waals surface area contributed by atoms with Crippen LogP contribution in [-0.2, 0) is 27.1 Å². The van der Waals surface area contributed by atoms with Crippen LogP contribution in [0.2, 0.25) is 0 Å². The van der Waals surface area contributed by atoms with Crippen LogP contribution < -0.4 is 26.2 Å². The molecule has 61 heavy (non-hydrogen) atoms. The lowest BCUT2D eigenvalue weighted by molar-refractivity contribution is 0.332. The van der Waals surface area contributed by atoms with Crippen molar-refractivity contribution >= 4 is 57.2 Å². The van der Waals surface area contributed by atoms with Gasteiger partial charge in [0.15, 0.2) is 0 Å². The predicted octanol–water partition coefficient (Wildman–Crippen LogP) is 14.0. The van der Waals surface area contributed by atoms with Crippen LogP contribution in [-0.4, -0.2) is 6.71 Å². The zero-order chi connectivity index (χ0) is 45.8. The van der Waals surface area contributed by atoms with E-state index in [4.69, 9.17) is 4.11 Å². The Morgan fingerprint density at radius 2 is 1.07 bits per heavy atom. The zero-order valence-electron chi connectivity index (χ0n) is 41.9. The third-order valence-corrected chi connectivity index (χ3v) is 15.4. The number of hydrogen-bond acceptors (Lipinski definition) is 2. The van der Waals surface area contributed by atoms with Crippen molar-refractivity contribution in [3.63, 3.8) is 0 Å². The lowest BCUT2D eigenvalue weighted by Gasteiger charge is -2.48. The molecule has 0 radical (unpaired) electrons. The van der Waals surface area contributed by atoms with E-state index in [-0.39, 0.29) is 33.8 Å². The Hall–Kier alpha value is -5.02. The molecule has 0 amide bonds. The molecule has 2 heterocycles. The molecular formula is C58H65BN2. The predicted molar refractivity (Wildman–Crippen MR) is 265 cm³/mol. The molecule has 6 aromatic rings. The molecule has 0 unspecified atom stereocenters. The third kappa shape index (κ3) is 6.03. The molecule has 2 aliphatic heterocycles. The van der Waals surface area contributed by atoms with Gasteiger partial charge in [-0.1, -0.05) is 137 Å². The number of fused-ring (bicyclic) bond motifs is 6. The molecule has 2 aliphatic carbocycles. The summed E-state index contributed by atoms with van der Waals surface area (Å²) < 4.78 is 27.3. The van der Waals surface area contributed by atoms with Crippen molar-refractivity contribution in [2.75, 3.05) is 9.80 Å². The fourth-order valence-corrected chi connectivity index (χ4v) is 12.1. The van der Waals surface area contributed by atoms with Crippen molar-refractivity contribution in [1.82, 2.24) is 0 Å². The van der Waals surface area contributed by atoms with Gasteiger partial charge in [-0.25, -0.2) is 0 Å². The summed E-state index contributed by atoms with van der Waals surface area (Å²) in [6.07, 6.45) is 3.30. The minimum atomic E-state index is -2.35. The number of rotatable bonds is 3. The average Bonchev–Trinajstić information content (AvgIpc) is 3.39. The Morgan fingerprint density at radius 1 is 0.508 bits per heavy atom. The van der Waals surface area contributed by atoms with E-state index in [2.05, 4.69) is 191 Å². The van der Waals surface area contributed by atoms with Gasteiger partial charge in [0.2, 0.25) is 0 Å². The zero-order valence-corrected chi connectivity index (χ0v) is 38.9. The summed E-state index contributed by atoms with van der Waals surface area (Å²) in [5.74, 6) is 0. The van der Waals surface area contributed by atoms with Gasteiger partial charge in [-0.05, 0) is 182 Å². The molecule has 0 N–H and O–H groups in total. The summed E-state index contributed by atoms with van der Waals surface area (Å²) in [4.78, 5) is 4.90. The fourth-order valence-electron chi connectivity index (χ4n) is 12.1. The highest BCUT2D eigenvalue weighted by Crippen LogP contribution is 2.55. The minimum absolute atomic E-state index is 0.00470. The minimum Gasteiger partial charge on any atom is -0.311 e. The second kappa shape index (κ2) is 13.0. The summed E-state index contributed by atoms with van der Waals surface area (Å²) in [6.45, 7) is 28.1. The highest BCUT2D eigenvalue weighted by Gasteiger charge is 2.48. The normalized spacial score (nSPS) is 19.5. The van der Waals surface area contributed by atoms with Gasteiger partial charge in [0.25, 0.3) is 6.71 Å². The molecule has 3 heteroatoms. The first kappa shape index (κ1) is 36.6. The Morgan fingerprint density at radius 3 is 1.69 bits per heavy atom. The van der Waals surface area contributed by atoms with Gasteiger partial charge < -0.3 is 9.80 Å². The molecule has 0 aromatic heterocycles. The first-order chi connectivity index (χ1) is 29.8. The molecule has 0 bridgehead atoms. The Balaban J connectivity index is 1.35. The first-order valence-electron chi connectivity index (χ1n) is 24.2. The largest absolute Gasteiger partial charge is 0.311 e. The summed E-state index contributed by atoms with van der Waals surface area (Å²) in [6, 6.07) is 38.5. The topological polar surface area (TPSA) is 6.48 Å². The van der Waals surface area contributed by atoms with E-state index in [0.717, 1.165) is 70.0 Å². The van der Waals surface area contributed by atoms with Gasteiger partial charge in [-0.3, -0.25) is 0 Å². The van der Waals surface area contributed by atoms with E-state index in [1.54, 1.807) is 0 Å². The van der Waals surface area contributed by atoms with Crippen molar-refractivity contribution in [2.45, 2.75) is 143 Å². The highest BCUT2D eigenvalue weighted by atomic mass is 15.2. The molecule has 310 valence electrons. The van der Waals surface area contributed by atoms with Crippen molar-refractivity contribution in [3.8, 4) is 11.1 Å². The van der Waals surface area contributed by atoms with Crippen LogP contribution in [0.5, 0.6) is 0 Å². The lowest BCUT2D eigenvalue weighted by atomic mass is 9.33. The SMILES string of the molecule is [2H]C([2H])([2H])c1cc2c3c(c1)N(c1cc4c(cc1C)C(C)(C)CC4(C)C)c1cc4c(cc1B3c1ccc(C(C)(C)C)cc1N2c1ccc(-c2ccccc2)cc1C)C(C)(C)CCC4(C)C. The summed E-state index contributed by atoms with van der Waals surface area (Å²) in [5, 5.41) is 0. The number of benzene rings is 6. The maximum absolute atomic E-state index is 9.10. The van der Waals surface area contributed by atoms with Crippen LogP contribution in [0.3, 0.4) is 0 Å². The standard InChI is InChI=1S/C58H65BN2/c1-35-26-51-53-52(27-35)61(48-32-44-41(29-37(48)3)57(11,12)34-58(44,13)14)50-33-43-42(55(7,8)24-25-56(43,9)10)31-46(50)59(53)45-22-21-40(54(4,5)6)30-49(45)60(51)47-23-20-39(28-36(47)2)38-18-16-15-17-19-38/h15-23,26-33H,24-25,34H2,1-14H3/i1D3. The van der Waals surface area contributed by atoms with Crippen molar-refractivity contribution in [3.05, 3.63) is 148 Å². The van der Waals surface area contributed by atoms with E-state index in [0.29, 0.717) is 5.56 Å². The summed E-state index contributed by atoms with van der Waals surface area (Å²) in [7, 11) is 0. The van der Waals surface area contributed by atoms with Gasteiger partial charge in [-0.2, -0.15) is 0 Å². The van der Waals surface area contributed by atoms with E-state index >= 15 is 0 Å². The van der Waals surface area contributed by atoms with Gasteiger partial charge in [0.1, 0.15) is 0 Å². The van der Waals surface area contributed by atoms with Crippen LogP contribution >= 0.6 is 0 Å². The van der Waals surface area contributed by atoms with Crippen LogP contribution in [0.15, 0.2) is 103 Å². The molecule has 0 fully saturated rings. The van der Waals surface area contributed by atoms with Crippen LogP contribution in [0.4, 0.5) is 34.1 Å². The number of anilines is 6. The highest BCUT2D eigenvalue weighted by molar-refractivity contribution is 7.00. The maximum Gasteiger partial charge on any atom is 0.252 e. The molecule has 2 nitrogen and oxygen atoms in total. The Kier molecular flexibility index (Phi) is 7.81. The average molecular weight is 804 g/mol. The van der Waals surface area contributed by atoms with E-state index < -0.39 is 6.85 Å². The van der Waals surface area contributed by atoms with Gasteiger partial charge >= 0.3 is 0 Å². The Bertz CT molecular complexity index is 2930. The number of nitrogens with zero attached hydrogens (tertiary/aromatic N) is 2. The number of aryl methyl sites for hydroxylation is 3. The van der Waals surface area contributed by atoms with E-state index in [1.165, 1.54) is 49.9 Å². The molecule has 0 atom stereocenters. The van der Waals surface area contributed by atoms with E-state index in [1.807, 2.05) is 12.1 Å².